The summed E-state index contributed by atoms with van der Waals surface area (Å²) in [4.78, 5) is 0. The summed E-state index contributed by atoms with van der Waals surface area (Å²) in [5.41, 5.74) is 2.09. The van der Waals surface area contributed by atoms with E-state index in [-0.39, 0.29) is 6.04 Å². The molecule has 0 aromatic heterocycles. The highest BCUT2D eigenvalue weighted by Gasteiger charge is 2.24. The molecule has 2 N–H and O–H groups in total. The Morgan fingerprint density at radius 3 is 2.38 bits per heavy atom. The van der Waals surface area contributed by atoms with Crippen molar-refractivity contribution in [1.29, 1.82) is 0 Å². The number of nitrogens with one attached hydrogen (secondary N) is 1. The number of aromatic hydroxyl groups is 1. The summed E-state index contributed by atoms with van der Waals surface area (Å²) >= 11 is 6.11. The van der Waals surface area contributed by atoms with Gasteiger partial charge in [0.05, 0.1) is 6.04 Å². The van der Waals surface area contributed by atoms with Crippen molar-refractivity contribution in [1.82, 2.24) is 5.32 Å². The van der Waals surface area contributed by atoms with Gasteiger partial charge in [-0.3, -0.25) is 0 Å². The average molecular weight is 366 g/mol. The largest absolute Gasteiger partial charge is 0.508 e. The summed E-state index contributed by atoms with van der Waals surface area (Å²) in [6, 6.07) is 20.4. The van der Waals surface area contributed by atoms with Gasteiger partial charge in [0, 0.05) is 16.6 Å². The minimum Gasteiger partial charge on any atom is -0.508 e. The average Bonchev–Trinajstić information content (AvgIpc) is 2.68. The van der Waals surface area contributed by atoms with Gasteiger partial charge < -0.3 is 10.4 Å². The van der Waals surface area contributed by atoms with Crippen molar-refractivity contribution in [2.75, 3.05) is 0 Å². The molecule has 4 rings (SSSR count). The summed E-state index contributed by atoms with van der Waals surface area (Å²) in [6.07, 6.45) is 6.24. The third-order valence-electron chi connectivity index (χ3n) is 5.45. The van der Waals surface area contributed by atoms with E-state index in [1.165, 1.54) is 32.1 Å². The molecule has 1 aliphatic carbocycles. The van der Waals surface area contributed by atoms with Crippen molar-refractivity contribution in [3.63, 3.8) is 0 Å². The van der Waals surface area contributed by atoms with Gasteiger partial charge in [-0.25, -0.2) is 0 Å². The summed E-state index contributed by atoms with van der Waals surface area (Å²) in [7, 11) is 0. The second kappa shape index (κ2) is 7.69. The lowest BCUT2D eigenvalue weighted by Gasteiger charge is -2.30. The van der Waals surface area contributed by atoms with Crippen molar-refractivity contribution < 1.29 is 5.11 Å². The molecule has 2 nitrogen and oxygen atoms in total. The first kappa shape index (κ1) is 17.4. The molecule has 3 aromatic carbocycles. The van der Waals surface area contributed by atoms with Crippen LogP contribution in [0, 0.1) is 0 Å². The zero-order valence-corrected chi connectivity index (χ0v) is 15.5. The normalized spacial score (nSPS) is 16.7. The molecule has 0 bridgehead atoms. The van der Waals surface area contributed by atoms with Gasteiger partial charge in [0.1, 0.15) is 5.75 Å². The Balaban J connectivity index is 1.82. The van der Waals surface area contributed by atoms with Crippen molar-refractivity contribution >= 4 is 22.4 Å². The van der Waals surface area contributed by atoms with Crippen LogP contribution in [0.1, 0.15) is 49.3 Å². The maximum absolute atomic E-state index is 10.8. The van der Waals surface area contributed by atoms with Crippen LogP contribution in [0.4, 0.5) is 0 Å². The molecule has 0 aliphatic heterocycles. The Labute approximate surface area is 159 Å². The van der Waals surface area contributed by atoms with Crippen molar-refractivity contribution in [2.24, 2.45) is 0 Å². The number of phenolic OH excluding ortho intramolecular Hbond substituents is 1. The maximum Gasteiger partial charge on any atom is 0.121 e. The predicted octanol–water partition coefficient (Wildman–Crippen LogP) is 6.21. The molecule has 1 fully saturated rings. The van der Waals surface area contributed by atoms with E-state index in [0.29, 0.717) is 11.8 Å². The van der Waals surface area contributed by atoms with E-state index < -0.39 is 0 Å². The topological polar surface area (TPSA) is 32.3 Å². The van der Waals surface area contributed by atoms with Crippen LogP contribution in [0.3, 0.4) is 0 Å². The lowest BCUT2D eigenvalue weighted by Crippen LogP contribution is -2.35. The summed E-state index contributed by atoms with van der Waals surface area (Å²) in [5.74, 6) is 0.340. The molecule has 0 amide bonds. The van der Waals surface area contributed by atoms with E-state index in [4.69, 9.17) is 11.6 Å². The second-order valence-corrected chi connectivity index (χ2v) is 7.64. The zero-order valence-electron chi connectivity index (χ0n) is 14.8. The third kappa shape index (κ3) is 3.58. The van der Waals surface area contributed by atoms with E-state index >= 15 is 0 Å². The standard InChI is InChI=1S/C23H24ClNO/c24-18-13-10-17(11-14-18)23(25-19-7-2-1-3-8-19)22-20-9-5-4-6-16(20)12-15-21(22)26/h4-6,9-15,19,23,25-26H,1-3,7-8H2. The molecule has 3 aromatic rings. The molecule has 1 atom stereocenters. The molecule has 0 heterocycles. The Bertz CT molecular complexity index is 884. The Morgan fingerprint density at radius 1 is 0.885 bits per heavy atom. The van der Waals surface area contributed by atoms with Gasteiger partial charge in [-0.1, -0.05) is 73.3 Å². The van der Waals surface area contributed by atoms with Crippen molar-refractivity contribution in [3.05, 3.63) is 76.8 Å². The SMILES string of the molecule is Oc1ccc2ccccc2c1C(NC1CCCCC1)c1ccc(Cl)cc1. The Hall–Kier alpha value is -2.03. The first-order valence-corrected chi connectivity index (χ1v) is 9.82. The molecular formula is C23H24ClNO. The van der Waals surface area contributed by atoms with Gasteiger partial charge in [-0.05, 0) is 47.4 Å². The first-order chi connectivity index (χ1) is 12.7. The molecule has 26 heavy (non-hydrogen) atoms. The van der Waals surface area contributed by atoms with Gasteiger partial charge in [0.25, 0.3) is 0 Å². The summed E-state index contributed by atoms with van der Waals surface area (Å²) < 4.78 is 0. The number of hydrogen-bond acceptors (Lipinski definition) is 2. The van der Waals surface area contributed by atoms with Gasteiger partial charge in [0.2, 0.25) is 0 Å². The van der Waals surface area contributed by atoms with E-state index in [0.717, 1.165) is 26.9 Å². The van der Waals surface area contributed by atoms with Gasteiger partial charge >= 0.3 is 0 Å². The van der Waals surface area contributed by atoms with Crippen LogP contribution in [0.5, 0.6) is 5.75 Å². The number of fused-ring (bicyclic) bond motifs is 1. The van der Waals surface area contributed by atoms with E-state index in [9.17, 15) is 5.11 Å². The number of halogens is 1. The number of rotatable bonds is 4. The highest BCUT2D eigenvalue weighted by molar-refractivity contribution is 6.30. The van der Waals surface area contributed by atoms with E-state index in [1.54, 1.807) is 0 Å². The molecule has 0 spiro atoms. The number of phenols is 1. The predicted molar refractivity (Wildman–Crippen MR) is 109 cm³/mol. The number of hydrogen-bond donors (Lipinski definition) is 2. The molecule has 0 radical (unpaired) electrons. The highest BCUT2D eigenvalue weighted by Crippen LogP contribution is 2.37. The molecular weight excluding hydrogens is 342 g/mol. The van der Waals surface area contributed by atoms with E-state index in [1.807, 2.05) is 36.4 Å². The minimum absolute atomic E-state index is 0.0542. The van der Waals surface area contributed by atoms with E-state index in [2.05, 4.69) is 29.6 Å². The first-order valence-electron chi connectivity index (χ1n) is 9.44. The highest BCUT2D eigenvalue weighted by atomic mass is 35.5. The zero-order chi connectivity index (χ0) is 17.9. The molecule has 1 saturated carbocycles. The lowest BCUT2D eigenvalue weighted by molar-refractivity contribution is 0.351. The van der Waals surface area contributed by atoms with Crippen molar-refractivity contribution in [2.45, 2.75) is 44.2 Å². The molecule has 3 heteroatoms. The minimum atomic E-state index is -0.0542. The molecule has 0 saturated heterocycles. The Morgan fingerprint density at radius 2 is 1.62 bits per heavy atom. The summed E-state index contributed by atoms with van der Waals surface area (Å²) in [6.45, 7) is 0. The van der Waals surface area contributed by atoms with Gasteiger partial charge in [-0.15, -0.1) is 0 Å². The van der Waals surface area contributed by atoms with Crippen LogP contribution in [-0.4, -0.2) is 11.1 Å². The van der Waals surface area contributed by atoms with Gasteiger partial charge in [-0.2, -0.15) is 0 Å². The molecule has 1 aliphatic rings. The molecule has 134 valence electrons. The van der Waals surface area contributed by atoms with Crippen LogP contribution in [0.2, 0.25) is 5.02 Å². The lowest BCUT2D eigenvalue weighted by atomic mass is 9.89. The fourth-order valence-corrected chi connectivity index (χ4v) is 4.22. The third-order valence-corrected chi connectivity index (χ3v) is 5.70. The van der Waals surface area contributed by atoms with Crippen LogP contribution in [0.25, 0.3) is 10.8 Å². The quantitative estimate of drug-likeness (QED) is 0.576. The monoisotopic (exact) mass is 365 g/mol. The second-order valence-electron chi connectivity index (χ2n) is 7.21. The van der Waals surface area contributed by atoms with Gasteiger partial charge in [0.15, 0.2) is 0 Å². The molecule has 1 unspecified atom stereocenters. The maximum atomic E-state index is 10.8. The van der Waals surface area contributed by atoms with Crippen LogP contribution >= 0.6 is 11.6 Å². The fourth-order valence-electron chi connectivity index (χ4n) is 4.09. The Kier molecular flexibility index (Phi) is 5.14. The fraction of sp³-hybridized carbons (Fsp3) is 0.304. The van der Waals surface area contributed by atoms with Crippen LogP contribution < -0.4 is 5.32 Å². The number of benzene rings is 3. The smallest absolute Gasteiger partial charge is 0.121 e. The van der Waals surface area contributed by atoms with Crippen LogP contribution in [0.15, 0.2) is 60.7 Å². The summed E-state index contributed by atoms with van der Waals surface area (Å²) in [5, 5.41) is 17.6. The van der Waals surface area contributed by atoms with Crippen molar-refractivity contribution in [3.8, 4) is 5.75 Å². The van der Waals surface area contributed by atoms with Crippen LogP contribution in [-0.2, 0) is 0 Å².